The van der Waals surface area contributed by atoms with Crippen LogP contribution >= 0.6 is 0 Å². The summed E-state index contributed by atoms with van der Waals surface area (Å²) in [5.41, 5.74) is 2.78. The van der Waals surface area contributed by atoms with Crippen molar-refractivity contribution in [2.75, 3.05) is 11.9 Å². The number of carboxylic acids is 1. The first-order valence-electron chi connectivity index (χ1n) is 11.2. The molecule has 1 aliphatic carbocycles. The first-order valence-corrected chi connectivity index (χ1v) is 11.2. The lowest BCUT2D eigenvalue weighted by Crippen LogP contribution is -2.52. The fraction of sp³-hybridized carbons (Fsp3) is 0.400. The van der Waals surface area contributed by atoms with Gasteiger partial charge in [-0.1, -0.05) is 61.4 Å². The molecule has 4 atom stereocenters. The van der Waals surface area contributed by atoms with Crippen molar-refractivity contribution in [1.29, 1.82) is 0 Å². The number of anilines is 1. The third-order valence-corrected chi connectivity index (χ3v) is 6.48. The zero-order chi connectivity index (χ0) is 22.5. The zero-order valence-corrected chi connectivity index (χ0v) is 17.9. The van der Waals surface area contributed by atoms with Crippen molar-refractivity contribution in [3.05, 3.63) is 65.7 Å². The molecule has 0 unspecified atom stereocenters. The molecule has 1 saturated carbocycles. The summed E-state index contributed by atoms with van der Waals surface area (Å²) in [5, 5.41) is 18.7. The second-order valence-corrected chi connectivity index (χ2v) is 8.62. The maximum atomic E-state index is 13.1. The van der Waals surface area contributed by atoms with E-state index in [0.29, 0.717) is 19.4 Å². The van der Waals surface area contributed by atoms with Gasteiger partial charge in [-0.15, -0.1) is 0 Å². The Morgan fingerprint density at radius 1 is 0.969 bits per heavy atom. The Labute approximate surface area is 187 Å². The molecule has 0 aromatic heterocycles. The maximum Gasteiger partial charge on any atom is 0.326 e. The summed E-state index contributed by atoms with van der Waals surface area (Å²) < 4.78 is 0. The summed E-state index contributed by atoms with van der Waals surface area (Å²) in [4.78, 5) is 37.9. The second-order valence-electron chi connectivity index (χ2n) is 8.62. The fourth-order valence-electron chi connectivity index (χ4n) is 4.75. The number of aliphatic carboxylic acids is 1. The Hall–Kier alpha value is -3.35. The number of carbonyl (C=O) groups excluding carboxylic acids is 2. The Balaban J connectivity index is 1.41. The quantitative estimate of drug-likeness (QED) is 0.535. The molecule has 4 rings (SSSR count). The van der Waals surface area contributed by atoms with Crippen molar-refractivity contribution < 1.29 is 19.5 Å². The molecular formula is C25H29N3O4. The monoisotopic (exact) mass is 435 g/mol. The Morgan fingerprint density at radius 3 is 2.47 bits per heavy atom. The van der Waals surface area contributed by atoms with Crippen LogP contribution in [0.3, 0.4) is 0 Å². The molecule has 2 aliphatic rings. The highest BCUT2D eigenvalue weighted by Gasteiger charge is 2.36. The molecule has 0 bridgehead atoms. The van der Waals surface area contributed by atoms with Crippen LogP contribution in [-0.2, 0) is 20.8 Å². The maximum absolute atomic E-state index is 13.1. The molecule has 32 heavy (non-hydrogen) atoms. The fourth-order valence-corrected chi connectivity index (χ4v) is 4.75. The summed E-state index contributed by atoms with van der Waals surface area (Å²) >= 11 is 0. The van der Waals surface area contributed by atoms with Crippen molar-refractivity contribution >= 4 is 23.5 Å². The van der Waals surface area contributed by atoms with Gasteiger partial charge in [0.1, 0.15) is 6.04 Å². The Bertz CT molecular complexity index is 978. The smallest absolute Gasteiger partial charge is 0.326 e. The standard InChI is InChI=1S/C25H29N3O4/c29-23(28-22(25(31)32)14-16-8-2-1-3-9-16)18-11-5-7-13-21(18)27-24(30)19-15-26-20-12-6-4-10-17(19)20/h1-4,6,8-10,12,18-19,21-22,26H,5,7,11,13-15H2,(H,27,30)(H,28,29)(H,31,32)/t18-,19+,21-,22+/m1/s1. The van der Waals surface area contributed by atoms with Gasteiger partial charge in [0, 0.05) is 24.7 Å². The second kappa shape index (κ2) is 9.85. The van der Waals surface area contributed by atoms with Gasteiger partial charge in [0.15, 0.2) is 0 Å². The molecule has 1 aliphatic heterocycles. The van der Waals surface area contributed by atoms with E-state index in [1.54, 1.807) is 0 Å². The van der Waals surface area contributed by atoms with Crippen LogP contribution in [0, 0.1) is 5.92 Å². The van der Waals surface area contributed by atoms with Crippen LogP contribution in [0.4, 0.5) is 5.69 Å². The van der Waals surface area contributed by atoms with Gasteiger partial charge in [0.2, 0.25) is 11.8 Å². The number of carbonyl (C=O) groups is 3. The van der Waals surface area contributed by atoms with E-state index in [4.69, 9.17) is 0 Å². The summed E-state index contributed by atoms with van der Waals surface area (Å²) in [6.45, 7) is 0.535. The number of benzene rings is 2. The van der Waals surface area contributed by atoms with Crippen LogP contribution < -0.4 is 16.0 Å². The van der Waals surface area contributed by atoms with E-state index >= 15 is 0 Å². The summed E-state index contributed by atoms with van der Waals surface area (Å²) in [6, 6.07) is 15.7. The van der Waals surface area contributed by atoms with Gasteiger partial charge in [-0.05, 0) is 30.0 Å². The summed E-state index contributed by atoms with van der Waals surface area (Å²) in [5.74, 6) is -2.18. The Morgan fingerprint density at radius 2 is 1.69 bits per heavy atom. The number of rotatable bonds is 7. The number of hydrogen-bond donors (Lipinski definition) is 4. The minimum atomic E-state index is -1.06. The van der Waals surface area contributed by atoms with E-state index in [-0.39, 0.29) is 30.2 Å². The molecule has 0 spiro atoms. The van der Waals surface area contributed by atoms with Crippen LogP contribution in [0.25, 0.3) is 0 Å². The minimum absolute atomic E-state index is 0.0915. The molecule has 1 heterocycles. The highest BCUT2D eigenvalue weighted by molar-refractivity contribution is 5.90. The van der Waals surface area contributed by atoms with Crippen LogP contribution in [0.15, 0.2) is 54.6 Å². The predicted molar refractivity (Wildman–Crippen MR) is 121 cm³/mol. The first-order chi connectivity index (χ1) is 15.5. The number of hydrogen-bond acceptors (Lipinski definition) is 4. The van der Waals surface area contributed by atoms with Crippen molar-refractivity contribution in [3.63, 3.8) is 0 Å². The molecule has 0 radical (unpaired) electrons. The van der Waals surface area contributed by atoms with Crippen LogP contribution in [0.1, 0.15) is 42.7 Å². The SMILES string of the molecule is O=C(O)[C@H](Cc1ccccc1)NC(=O)[C@@H]1CCCC[C@H]1NC(=O)[C@H]1CNc2ccccc21. The van der Waals surface area contributed by atoms with Gasteiger partial charge < -0.3 is 21.1 Å². The molecule has 7 heteroatoms. The van der Waals surface area contributed by atoms with Crippen LogP contribution in [0.5, 0.6) is 0 Å². The number of amides is 2. The van der Waals surface area contributed by atoms with Gasteiger partial charge in [-0.3, -0.25) is 9.59 Å². The van der Waals surface area contributed by atoms with E-state index in [1.165, 1.54) is 0 Å². The largest absolute Gasteiger partial charge is 0.480 e. The van der Waals surface area contributed by atoms with E-state index in [0.717, 1.165) is 29.7 Å². The average Bonchev–Trinajstić information content (AvgIpc) is 3.24. The molecule has 0 saturated heterocycles. The minimum Gasteiger partial charge on any atom is -0.480 e. The van der Waals surface area contributed by atoms with E-state index in [9.17, 15) is 19.5 Å². The molecule has 4 N–H and O–H groups in total. The molecular weight excluding hydrogens is 406 g/mol. The van der Waals surface area contributed by atoms with Gasteiger partial charge in [0.25, 0.3) is 0 Å². The Kier molecular flexibility index (Phi) is 6.73. The number of nitrogens with one attached hydrogen (secondary N) is 3. The molecule has 1 fully saturated rings. The predicted octanol–water partition coefficient (Wildman–Crippen LogP) is 2.68. The highest BCUT2D eigenvalue weighted by atomic mass is 16.4. The van der Waals surface area contributed by atoms with Crippen molar-refractivity contribution in [2.24, 2.45) is 5.92 Å². The van der Waals surface area contributed by atoms with Crippen molar-refractivity contribution in [3.8, 4) is 0 Å². The first kappa shape index (κ1) is 21.9. The summed E-state index contributed by atoms with van der Waals surface area (Å²) in [6.07, 6.45) is 3.38. The molecule has 7 nitrogen and oxygen atoms in total. The average molecular weight is 436 g/mol. The number of carboxylic acid groups (broad SMARTS) is 1. The van der Waals surface area contributed by atoms with Gasteiger partial charge >= 0.3 is 5.97 Å². The van der Waals surface area contributed by atoms with Crippen molar-refractivity contribution in [1.82, 2.24) is 10.6 Å². The van der Waals surface area contributed by atoms with Crippen LogP contribution in [0.2, 0.25) is 0 Å². The van der Waals surface area contributed by atoms with E-state index < -0.39 is 17.9 Å². The molecule has 2 aromatic rings. The third-order valence-electron chi connectivity index (χ3n) is 6.48. The molecule has 168 valence electrons. The lowest BCUT2D eigenvalue weighted by molar-refractivity contribution is -0.143. The van der Waals surface area contributed by atoms with Gasteiger partial charge in [0.05, 0.1) is 11.8 Å². The third kappa shape index (κ3) is 4.93. The highest BCUT2D eigenvalue weighted by Crippen LogP contribution is 2.32. The normalized spacial score (nSPS) is 22.8. The number of para-hydroxylation sites is 1. The molecule has 2 aromatic carbocycles. The number of fused-ring (bicyclic) bond motifs is 1. The summed E-state index contributed by atoms with van der Waals surface area (Å²) in [7, 11) is 0. The lowest BCUT2D eigenvalue weighted by Gasteiger charge is -2.32. The zero-order valence-electron chi connectivity index (χ0n) is 17.9. The van der Waals surface area contributed by atoms with E-state index in [1.807, 2.05) is 54.6 Å². The van der Waals surface area contributed by atoms with Gasteiger partial charge in [-0.2, -0.15) is 0 Å². The van der Waals surface area contributed by atoms with E-state index in [2.05, 4.69) is 16.0 Å². The topological polar surface area (TPSA) is 108 Å². The van der Waals surface area contributed by atoms with Gasteiger partial charge in [-0.25, -0.2) is 4.79 Å². The lowest BCUT2D eigenvalue weighted by atomic mass is 9.83. The van der Waals surface area contributed by atoms with Crippen molar-refractivity contribution in [2.45, 2.75) is 50.1 Å². The van der Waals surface area contributed by atoms with Crippen LogP contribution in [-0.4, -0.2) is 41.5 Å². The molecule has 2 amide bonds.